The van der Waals surface area contributed by atoms with E-state index in [-0.39, 0.29) is 25.0 Å². The first-order chi connectivity index (χ1) is 5.36. The summed E-state index contributed by atoms with van der Waals surface area (Å²) in [5.41, 5.74) is 0. The SMILES string of the molecule is O=C1COC(C2NCCO2)N1. The minimum absolute atomic E-state index is 0.0766. The lowest BCUT2D eigenvalue weighted by Gasteiger charge is -2.16. The highest BCUT2D eigenvalue weighted by Gasteiger charge is 2.32. The van der Waals surface area contributed by atoms with Crippen LogP contribution in [0, 0.1) is 0 Å². The zero-order valence-corrected chi connectivity index (χ0v) is 6.00. The predicted molar refractivity (Wildman–Crippen MR) is 35.6 cm³/mol. The Labute approximate surface area is 64.0 Å². The van der Waals surface area contributed by atoms with Crippen LogP contribution in [0.1, 0.15) is 0 Å². The summed E-state index contributed by atoms with van der Waals surface area (Å²) < 4.78 is 10.3. The van der Waals surface area contributed by atoms with E-state index in [1.165, 1.54) is 0 Å². The predicted octanol–water partition coefficient (Wildman–Crippen LogP) is -1.60. The van der Waals surface area contributed by atoms with Crippen molar-refractivity contribution in [3.05, 3.63) is 0 Å². The molecule has 2 unspecified atom stereocenters. The quantitative estimate of drug-likeness (QED) is 0.483. The molecule has 0 radical (unpaired) electrons. The number of hydrogen-bond acceptors (Lipinski definition) is 4. The molecule has 2 rings (SSSR count). The molecule has 2 fully saturated rings. The number of hydrogen-bond donors (Lipinski definition) is 2. The molecule has 2 atom stereocenters. The molecule has 0 spiro atoms. The van der Waals surface area contributed by atoms with Crippen LogP contribution in [0.15, 0.2) is 0 Å². The summed E-state index contributed by atoms with van der Waals surface area (Å²) in [4.78, 5) is 10.7. The van der Waals surface area contributed by atoms with Gasteiger partial charge < -0.3 is 14.8 Å². The highest BCUT2D eigenvalue weighted by atomic mass is 16.6. The van der Waals surface area contributed by atoms with Crippen LogP contribution in [0.2, 0.25) is 0 Å². The average molecular weight is 158 g/mol. The number of amides is 1. The first kappa shape index (κ1) is 7.02. The molecule has 0 bridgehead atoms. The van der Waals surface area contributed by atoms with Crippen LogP contribution < -0.4 is 10.6 Å². The van der Waals surface area contributed by atoms with Gasteiger partial charge in [0, 0.05) is 6.54 Å². The lowest BCUT2D eigenvalue weighted by molar-refractivity contribution is -0.119. The number of carbonyl (C=O) groups excluding carboxylic acids is 1. The van der Waals surface area contributed by atoms with Gasteiger partial charge in [-0.2, -0.15) is 0 Å². The van der Waals surface area contributed by atoms with Crippen LogP contribution in [-0.2, 0) is 14.3 Å². The van der Waals surface area contributed by atoms with E-state index in [0.29, 0.717) is 6.61 Å². The fourth-order valence-corrected chi connectivity index (χ4v) is 1.21. The number of ether oxygens (including phenoxy) is 2. The lowest BCUT2D eigenvalue weighted by Crippen LogP contribution is -2.43. The summed E-state index contributed by atoms with van der Waals surface area (Å²) in [6, 6.07) is 0. The molecular weight excluding hydrogens is 148 g/mol. The first-order valence-corrected chi connectivity index (χ1v) is 3.62. The molecule has 5 heteroatoms. The Kier molecular flexibility index (Phi) is 1.77. The number of nitrogens with one attached hydrogen (secondary N) is 2. The van der Waals surface area contributed by atoms with E-state index in [4.69, 9.17) is 9.47 Å². The fourth-order valence-electron chi connectivity index (χ4n) is 1.21. The van der Waals surface area contributed by atoms with Crippen LogP contribution in [0.5, 0.6) is 0 Å². The van der Waals surface area contributed by atoms with E-state index in [0.717, 1.165) is 6.54 Å². The van der Waals surface area contributed by atoms with Crippen molar-refractivity contribution in [3.63, 3.8) is 0 Å². The van der Waals surface area contributed by atoms with Crippen LogP contribution in [0.25, 0.3) is 0 Å². The van der Waals surface area contributed by atoms with Gasteiger partial charge in [-0.3, -0.25) is 10.1 Å². The molecule has 0 aromatic carbocycles. The zero-order valence-electron chi connectivity index (χ0n) is 6.00. The van der Waals surface area contributed by atoms with Crippen molar-refractivity contribution in [1.82, 2.24) is 10.6 Å². The van der Waals surface area contributed by atoms with E-state index in [1.807, 2.05) is 0 Å². The standard InChI is InChI=1S/C6H10N2O3/c9-4-3-11-6(8-4)5-7-1-2-10-5/h5-7H,1-3H2,(H,8,9). The third-order valence-corrected chi connectivity index (χ3v) is 1.72. The Balaban J connectivity index is 1.90. The van der Waals surface area contributed by atoms with Crippen LogP contribution in [0.4, 0.5) is 0 Å². The number of rotatable bonds is 1. The molecule has 0 aromatic heterocycles. The molecule has 1 amide bonds. The third-order valence-electron chi connectivity index (χ3n) is 1.72. The van der Waals surface area contributed by atoms with Crippen molar-refractivity contribution in [2.24, 2.45) is 0 Å². The molecule has 5 nitrogen and oxygen atoms in total. The van der Waals surface area contributed by atoms with Gasteiger partial charge in [-0.1, -0.05) is 0 Å². The average Bonchev–Trinajstić information content (AvgIpc) is 2.55. The van der Waals surface area contributed by atoms with Crippen molar-refractivity contribution in [2.45, 2.75) is 12.5 Å². The molecule has 11 heavy (non-hydrogen) atoms. The Hall–Kier alpha value is -0.650. The maximum atomic E-state index is 10.7. The topological polar surface area (TPSA) is 59.6 Å². The normalized spacial score (nSPS) is 37.6. The van der Waals surface area contributed by atoms with E-state index in [9.17, 15) is 4.79 Å². The first-order valence-electron chi connectivity index (χ1n) is 3.62. The van der Waals surface area contributed by atoms with Crippen molar-refractivity contribution in [3.8, 4) is 0 Å². The van der Waals surface area contributed by atoms with Crippen molar-refractivity contribution < 1.29 is 14.3 Å². The molecule has 2 aliphatic heterocycles. The summed E-state index contributed by atoms with van der Waals surface area (Å²) in [5.74, 6) is -0.0766. The van der Waals surface area contributed by atoms with E-state index in [1.54, 1.807) is 0 Å². The van der Waals surface area contributed by atoms with Crippen molar-refractivity contribution >= 4 is 5.91 Å². The maximum Gasteiger partial charge on any atom is 0.248 e. The summed E-state index contributed by atoms with van der Waals surface area (Å²) in [7, 11) is 0. The lowest BCUT2D eigenvalue weighted by atomic mass is 10.5. The smallest absolute Gasteiger partial charge is 0.248 e. The molecule has 0 aliphatic carbocycles. The Morgan fingerprint density at radius 2 is 2.27 bits per heavy atom. The summed E-state index contributed by atoms with van der Waals surface area (Å²) in [5, 5.41) is 5.70. The van der Waals surface area contributed by atoms with Crippen molar-refractivity contribution in [1.29, 1.82) is 0 Å². The molecule has 2 heterocycles. The van der Waals surface area contributed by atoms with Gasteiger partial charge in [0.1, 0.15) is 6.61 Å². The molecule has 0 saturated carbocycles. The Morgan fingerprint density at radius 1 is 1.36 bits per heavy atom. The second-order valence-electron chi connectivity index (χ2n) is 2.54. The maximum absolute atomic E-state index is 10.7. The Bertz CT molecular complexity index is 167. The van der Waals surface area contributed by atoms with Gasteiger partial charge >= 0.3 is 0 Å². The zero-order chi connectivity index (χ0) is 7.68. The van der Waals surface area contributed by atoms with Crippen LogP contribution >= 0.6 is 0 Å². The van der Waals surface area contributed by atoms with Gasteiger partial charge in [0.05, 0.1) is 6.61 Å². The van der Waals surface area contributed by atoms with Gasteiger partial charge in [0.2, 0.25) is 5.91 Å². The van der Waals surface area contributed by atoms with Gasteiger partial charge in [-0.15, -0.1) is 0 Å². The highest BCUT2D eigenvalue weighted by molar-refractivity contribution is 5.78. The molecular formula is C6H10N2O3. The summed E-state index contributed by atoms with van der Waals surface area (Å²) in [6.07, 6.45) is -0.466. The van der Waals surface area contributed by atoms with Gasteiger partial charge in [-0.25, -0.2) is 0 Å². The minimum Gasteiger partial charge on any atom is -0.357 e. The monoisotopic (exact) mass is 158 g/mol. The molecule has 2 saturated heterocycles. The largest absolute Gasteiger partial charge is 0.357 e. The van der Waals surface area contributed by atoms with E-state index < -0.39 is 0 Å². The third kappa shape index (κ3) is 1.35. The van der Waals surface area contributed by atoms with Crippen molar-refractivity contribution in [2.75, 3.05) is 19.8 Å². The van der Waals surface area contributed by atoms with E-state index in [2.05, 4.69) is 10.6 Å². The molecule has 2 aliphatic rings. The van der Waals surface area contributed by atoms with Gasteiger partial charge in [0.15, 0.2) is 12.5 Å². The van der Waals surface area contributed by atoms with E-state index >= 15 is 0 Å². The van der Waals surface area contributed by atoms with Gasteiger partial charge in [0.25, 0.3) is 0 Å². The van der Waals surface area contributed by atoms with Crippen LogP contribution in [0.3, 0.4) is 0 Å². The summed E-state index contributed by atoms with van der Waals surface area (Å²) >= 11 is 0. The van der Waals surface area contributed by atoms with Crippen LogP contribution in [-0.4, -0.2) is 38.1 Å². The second kappa shape index (κ2) is 2.77. The summed E-state index contributed by atoms with van der Waals surface area (Å²) in [6.45, 7) is 1.65. The minimum atomic E-state index is -0.301. The molecule has 2 N–H and O–H groups in total. The highest BCUT2D eigenvalue weighted by Crippen LogP contribution is 2.06. The number of carbonyl (C=O) groups is 1. The molecule has 0 aromatic rings. The van der Waals surface area contributed by atoms with Gasteiger partial charge in [-0.05, 0) is 0 Å². The Morgan fingerprint density at radius 3 is 2.82 bits per heavy atom. The fraction of sp³-hybridized carbons (Fsp3) is 0.833. The second-order valence-corrected chi connectivity index (χ2v) is 2.54. The molecule has 62 valence electrons.